The maximum Gasteiger partial charge on any atom is 0.137 e. The van der Waals surface area contributed by atoms with E-state index in [2.05, 4.69) is 33.5 Å². The van der Waals surface area contributed by atoms with E-state index in [4.69, 9.17) is 4.74 Å². The Morgan fingerprint density at radius 3 is 3.06 bits per heavy atom. The lowest BCUT2D eigenvalue weighted by Gasteiger charge is -2.10. The summed E-state index contributed by atoms with van der Waals surface area (Å²) in [7, 11) is 1.88. The highest BCUT2D eigenvalue weighted by Crippen LogP contribution is 2.29. The second kappa shape index (κ2) is 4.30. The van der Waals surface area contributed by atoms with Gasteiger partial charge in [-0.15, -0.1) is 0 Å². The fourth-order valence-corrected chi connectivity index (χ4v) is 2.32. The zero-order valence-electron chi connectivity index (χ0n) is 9.81. The topological polar surface area (TPSA) is 47.0 Å². The minimum atomic E-state index is 0.518. The third kappa shape index (κ3) is 1.85. The second-order valence-electron chi connectivity index (χ2n) is 4.31. The van der Waals surface area contributed by atoms with Crippen LogP contribution in [0.1, 0.15) is 17.9 Å². The molecule has 1 aromatic carbocycles. The summed E-state index contributed by atoms with van der Waals surface area (Å²) in [6, 6.07) is 6.39. The quantitative estimate of drug-likeness (QED) is 0.857. The van der Waals surface area contributed by atoms with Crippen molar-refractivity contribution in [3.63, 3.8) is 0 Å². The predicted octanol–water partition coefficient (Wildman–Crippen LogP) is 2.18. The van der Waals surface area contributed by atoms with Crippen molar-refractivity contribution in [3.05, 3.63) is 30.1 Å². The Kier molecular flexibility index (Phi) is 2.65. The van der Waals surface area contributed by atoms with Crippen LogP contribution in [0.5, 0.6) is 0 Å². The van der Waals surface area contributed by atoms with Gasteiger partial charge in [0.2, 0.25) is 0 Å². The molecule has 0 aliphatic carbocycles. The standard InChI is InChI=1S/C13H15N3O/c1-14-13-11-6-9(10-4-5-17-7-10)2-3-12(11)15-8-16-13/h2-3,6,8,10H,4-5,7H2,1H3,(H,14,15,16). The van der Waals surface area contributed by atoms with Gasteiger partial charge in [-0.1, -0.05) is 6.07 Å². The van der Waals surface area contributed by atoms with E-state index in [0.29, 0.717) is 5.92 Å². The first-order valence-corrected chi connectivity index (χ1v) is 5.88. The Balaban J connectivity index is 2.10. The molecule has 0 spiro atoms. The lowest BCUT2D eigenvalue weighted by Crippen LogP contribution is -1.99. The van der Waals surface area contributed by atoms with Crippen LogP contribution < -0.4 is 5.32 Å². The van der Waals surface area contributed by atoms with Gasteiger partial charge in [0.25, 0.3) is 0 Å². The molecule has 3 rings (SSSR count). The molecular weight excluding hydrogens is 214 g/mol. The van der Waals surface area contributed by atoms with E-state index in [1.54, 1.807) is 6.33 Å². The van der Waals surface area contributed by atoms with Crippen LogP contribution in [0.4, 0.5) is 5.82 Å². The molecule has 1 aliphatic heterocycles. The van der Waals surface area contributed by atoms with Crippen LogP contribution in [0.25, 0.3) is 10.9 Å². The van der Waals surface area contributed by atoms with Gasteiger partial charge in [-0.25, -0.2) is 9.97 Å². The first kappa shape index (κ1) is 10.5. The third-order valence-electron chi connectivity index (χ3n) is 3.30. The van der Waals surface area contributed by atoms with Crippen LogP contribution in [0.15, 0.2) is 24.5 Å². The molecule has 0 saturated carbocycles. The normalized spacial score (nSPS) is 19.7. The number of rotatable bonds is 2. The highest BCUT2D eigenvalue weighted by Gasteiger charge is 2.18. The maximum absolute atomic E-state index is 5.43. The molecule has 1 aliphatic rings. The lowest BCUT2D eigenvalue weighted by molar-refractivity contribution is 0.194. The molecule has 2 heterocycles. The van der Waals surface area contributed by atoms with Gasteiger partial charge in [0.15, 0.2) is 0 Å². The summed E-state index contributed by atoms with van der Waals surface area (Å²) in [6.07, 6.45) is 2.70. The molecule has 1 N–H and O–H groups in total. The molecule has 0 amide bonds. The number of hydrogen-bond acceptors (Lipinski definition) is 4. The van der Waals surface area contributed by atoms with E-state index < -0.39 is 0 Å². The predicted molar refractivity (Wildman–Crippen MR) is 67.3 cm³/mol. The summed E-state index contributed by atoms with van der Waals surface area (Å²) >= 11 is 0. The van der Waals surface area contributed by atoms with Crippen LogP contribution in [0, 0.1) is 0 Å². The molecular formula is C13H15N3O. The van der Waals surface area contributed by atoms with E-state index in [1.807, 2.05) is 7.05 Å². The van der Waals surface area contributed by atoms with Gasteiger partial charge >= 0.3 is 0 Å². The molecule has 4 heteroatoms. The highest BCUT2D eigenvalue weighted by molar-refractivity contribution is 5.89. The Bertz CT molecular complexity index is 535. The number of aromatic nitrogens is 2. The van der Waals surface area contributed by atoms with Crippen molar-refractivity contribution in [2.45, 2.75) is 12.3 Å². The number of anilines is 1. The van der Waals surface area contributed by atoms with Crippen molar-refractivity contribution in [3.8, 4) is 0 Å². The van der Waals surface area contributed by atoms with Crippen molar-refractivity contribution in [1.29, 1.82) is 0 Å². The Morgan fingerprint density at radius 1 is 1.35 bits per heavy atom. The number of nitrogens with one attached hydrogen (secondary N) is 1. The van der Waals surface area contributed by atoms with Gasteiger partial charge in [0.1, 0.15) is 12.1 Å². The average molecular weight is 229 g/mol. The number of benzene rings is 1. The first-order valence-electron chi connectivity index (χ1n) is 5.88. The maximum atomic E-state index is 5.43. The zero-order chi connectivity index (χ0) is 11.7. The summed E-state index contributed by atoms with van der Waals surface area (Å²) in [5.41, 5.74) is 2.30. The van der Waals surface area contributed by atoms with Crippen molar-refractivity contribution in [2.24, 2.45) is 0 Å². The zero-order valence-corrected chi connectivity index (χ0v) is 9.81. The number of fused-ring (bicyclic) bond motifs is 1. The SMILES string of the molecule is CNc1ncnc2ccc(C3CCOC3)cc12. The van der Waals surface area contributed by atoms with Gasteiger partial charge in [-0.3, -0.25) is 0 Å². The first-order chi connectivity index (χ1) is 8.38. The van der Waals surface area contributed by atoms with Gasteiger partial charge in [0, 0.05) is 25.0 Å². The van der Waals surface area contributed by atoms with Crippen LogP contribution in [-0.2, 0) is 4.74 Å². The van der Waals surface area contributed by atoms with Crippen molar-refractivity contribution >= 4 is 16.7 Å². The molecule has 17 heavy (non-hydrogen) atoms. The summed E-state index contributed by atoms with van der Waals surface area (Å²) < 4.78 is 5.43. The van der Waals surface area contributed by atoms with Gasteiger partial charge in [-0.2, -0.15) is 0 Å². The smallest absolute Gasteiger partial charge is 0.137 e. The molecule has 88 valence electrons. The van der Waals surface area contributed by atoms with E-state index in [0.717, 1.165) is 36.4 Å². The minimum absolute atomic E-state index is 0.518. The Labute approximate surface area is 100 Å². The fourth-order valence-electron chi connectivity index (χ4n) is 2.32. The van der Waals surface area contributed by atoms with Crippen LogP contribution in [0.2, 0.25) is 0 Å². The van der Waals surface area contributed by atoms with Crippen molar-refractivity contribution in [2.75, 3.05) is 25.6 Å². The number of ether oxygens (including phenoxy) is 1. The molecule has 2 aromatic rings. The Hall–Kier alpha value is -1.68. The van der Waals surface area contributed by atoms with E-state index >= 15 is 0 Å². The molecule has 0 radical (unpaired) electrons. The lowest BCUT2D eigenvalue weighted by atomic mass is 9.97. The number of nitrogens with zero attached hydrogens (tertiary/aromatic N) is 2. The monoisotopic (exact) mass is 229 g/mol. The fraction of sp³-hybridized carbons (Fsp3) is 0.385. The molecule has 1 atom stereocenters. The summed E-state index contributed by atoms with van der Waals surface area (Å²) in [5.74, 6) is 1.40. The minimum Gasteiger partial charge on any atom is -0.381 e. The van der Waals surface area contributed by atoms with Crippen LogP contribution >= 0.6 is 0 Å². The molecule has 1 fully saturated rings. The molecule has 4 nitrogen and oxygen atoms in total. The van der Waals surface area contributed by atoms with Gasteiger partial charge in [0.05, 0.1) is 12.1 Å². The largest absolute Gasteiger partial charge is 0.381 e. The summed E-state index contributed by atoms with van der Waals surface area (Å²) in [6.45, 7) is 1.70. The molecule has 1 saturated heterocycles. The van der Waals surface area contributed by atoms with Crippen LogP contribution in [-0.4, -0.2) is 30.2 Å². The second-order valence-corrected chi connectivity index (χ2v) is 4.31. The van der Waals surface area contributed by atoms with Gasteiger partial charge in [-0.05, 0) is 24.1 Å². The molecule has 0 bridgehead atoms. The molecule has 1 unspecified atom stereocenters. The van der Waals surface area contributed by atoms with Crippen molar-refractivity contribution in [1.82, 2.24) is 9.97 Å². The highest BCUT2D eigenvalue weighted by atomic mass is 16.5. The third-order valence-corrected chi connectivity index (χ3v) is 3.30. The Morgan fingerprint density at radius 2 is 2.29 bits per heavy atom. The summed E-state index contributed by atoms with van der Waals surface area (Å²) in [4.78, 5) is 8.51. The number of hydrogen-bond donors (Lipinski definition) is 1. The van der Waals surface area contributed by atoms with Gasteiger partial charge < -0.3 is 10.1 Å². The summed E-state index contributed by atoms with van der Waals surface area (Å²) in [5, 5.41) is 4.19. The average Bonchev–Trinajstić information content (AvgIpc) is 2.91. The van der Waals surface area contributed by atoms with Crippen LogP contribution in [0.3, 0.4) is 0 Å². The van der Waals surface area contributed by atoms with Crippen molar-refractivity contribution < 1.29 is 4.74 Å². The van der Waals surface area contributed by atoms with E-state index in [-0.39, 0.29) is 0 Å². The van der Waals surface area contributed by atoms with E-state index in [9.17, 15) is 0 Å². The molecule has 1 aromatic heterocycles. The van der Waals surface area contributed by atoms with E-state index in [1.165, 1.54) is 5.56 Å².